The van der Waals surface area contributed by atoms with Crippen LogP contribution in [-0.2, 0) is 22.4 Å². The number of nitrogens with one attached hydrogen (secondary N) is 1. The summed E-state index contributed by atoms with van der Waals surface area (Å²) >= 11 is 1.68. The van der Waals surface area contributed by atoms with Gasteiger partial charge >= 0.3 is 11.7 Å². The van der Waals surface area contributed by atoms with Crippen LogP contribution in [0.1, 0.15) is 69.7 Å². The van der Waals surface area contributed by atoms with Crippen LogP contribution in [0, 0.1) is 34.5 Å². The minimum atomic E-state index is -0.354. The molecule has 6 nitrogen and oxygen atoms in total. The van der Waals surface area contributed by atoms with E-state index >= 15 is 0 Å². The van der Waals surface area contributed by atoms with Gasteiger partial charge in [-0.2, -0.15) is 4.98 Å². The highest BCUT2D eigenvalue weighted by Crippen LogP contribution is 2.66. The topological polar surface area (TPSA) is 98.1 Å². The standard InChI is InChI=1S/C25H33N3O3S/c1-12(29)31-19-7-6-16-14-5-4-13-10-15-18(32-22-20(15)21(26)27-23(30)28-22)11-25(13,3)17(14)8-9-24(16,19)2/h13-14,16-17,19H,4-11H2,1-3H3,(H3,26,27,28,30)/t13-,14-,16-,17-,19-,24-,25-/m0/s1. The van der Waals surface area contributed by atoms with Gasteiger partial charge in [0.15, 0.2) is 0 Å². The van der Waals surface area contributed by atoms with Gasteiger partial charge in [-0.25, -0.2) is 4.79 Å². The molecule has 0 bridgehead atoms. The van der Waals surface area contributed by atoms with Gasteiger partial charge in [0.25, 0.3) is 0 Å². The molecule has 4 aliphatic carbocycles. The van der Waals surface area contributed by atoms with E-state index in [-0.39, 0.29) is 28.6 Å². The van der Waals surface area contributed by atoms with Gasteiger partial charge in [-0.15, -0.1) is 11.3 Å². The molecule has 0 aromatic carbocycles. The number of hydrogen-bond donors (Lipinski definition) is 2. The normalized spacial score (nSPS) is 40.3. The van der Waals surface area contributed by atoms with Crippen LogP contribution in [0.4, 0.5) is 5.82 Å². The zero-order valence-electron chi connectivity index (χ0n) is 19.2. The summed E-state index contributed by atoms with van der Waals surface area (Å²) in [6, 6.07) is 0. The van der Waals surface area contributed by atoms with E-state index in [1.165, 1.54) is 36.1 Å². The van der Waals surface area contributed by atoms with Crippen molar-refractivity contribution in [2.24, 2.45) is 34.5 Å². The van der Waals surface area contributed by atoms with Crippen molar-refractivity contribution in [3.05, 3.63) is 20.9 Å². The Kier molecular flexibility index (Phi) is 4.41. The number of rotatable bonds is 1. The maximum atomic E-state index is 11.9. The Morgan fingerprint density at radius 1 is 1.16 bits per heavy atom. The molecule has 0 radical (unpaired) electrons. The first-order valence-electron chi connectivity index (χ1n) is 12.2. The maximum absolute atomic E-state index is 11.9. The molecule has 7 atom stereocenters. The minimum Gasteiger partial charge on any atom is -0.462 e. The predicted octanol–water partition coefficient (Wildman–Crippen LogP) is 4.46. The average molecular weight is 456 g/mol. The highest BCUT2D eigenvalue weighted by Gasteiger charge is 2.61. The van der Waals surface area contributed by atoms with E-state index < -0.39 is 0 Å². The van der Waals surface area contributed by atoms with Crippen LogP contribution in [0.25, 0.3) is 10.2 Å². The van der Waals surface area contributed by atoms with Crippen molar-refractivity contribution in [1.82, 2.24) is 9.97 Å². The average Bonchev–Trinajstić information content (AvgIpc) is 3.22. The Bertz CT molecular complexity index is 1170. The van der Waals surface area contributed by atoms with E-state index in [2.05, 4.69) is 23.8 Å². The van der Waals surface area contributed by atoms with Crippen molar-refractivity contribution in [3.63, 3.8) is 0 Å². The number of carbonyl (C=O) groups is 1. The number of fused-ring (bicyclic) bond motifs is 8. The molecular weight excluding hydrogens is 422 g/mol. The number of H-pyrrole nitrogens is 1. The summed E-state index contributed by atoms with van der Waals surface area (Å²) in [5, 5.41) is 0.991. The van der Waals surface area contributed by atoms with Crippen molar-refractivity contribution in [2.45, 2.75) is 78.2 Å². The van der Waals surface area contributed by atoms with Crippen molar-refractivity contribution < 1.29 is 9.53 Å². The Morgan fingerprint density at radius 3 is 2.72 bits per heavy atom. The molecule has 4 aliphatic rings. The molecule has 0 spiro atoms. The molecule has 0 unspecified atom stereocenters. The summed E-state index contributed by atoms with van der Waals surface area (Å²) in [5.41, 5.74) is 7.62. The lowest BCUT2D eigenvalue weighted by atomic mass is 9.45. The fraction of sp³-hybridized carbons (Fsp3) is 0.720. The lowest BCUT2D eigenvalue weighted by molar-refractivity contribution is -0.160. The number of hydrogen-bond acceptors (Lipinski definition) is 6. The molecule has 172 valence electrons. The Labute approximate surface area is 192 Å². The van der Waals surface area contributed by atoms with Gasteiger partial charge in [0.2, 0.25) is 0 Å². The highest BCUT2D eigenvalue weighted by atomic mass is 32.1. The van der Waals surface area contributed by atoms with Crippen LogP contribution >= 0.6 is 11.3 Å². The Morgan fingerprint density at radius 2 is 1.94 bits per heavy atom. The molecule has 0 aliphatic heterocycles. The molecule has 32 heavy (non-hydrogen) atoms. The Hall–Kier alpha value is -1.89. The van der Waals surface area contributed by atoms with E-state index in [0.717, 1.165) is 41.8 Å². The SMILES string of the molecule is CC(=O)O[C@H]1CC[C@H]2[C@@H]3CC[C@H]4Cc5c(sc6nc(=O)[nH]c(N)c56)C[C@]4(C)[C@H]3CC[C@]12C. The first-order chi connectivity index (χ1) is 15.2. The molecule has 2 heterocycles. The van der Waals surface area contributed by atoms with E-state index in [0.29, 0.717) is 23.6 Å². The lowest BCUT2D eigenvalue weighted by Crippen LogP contribution is -2.54. The molecule has 0 amide bonds. The molecular formula is C25H33N3O3S. The van der Waals surface area contributed by atoms with Gasteiger partial charge in [-0.1, -0.05) is 13.8 Å². The second-order valence-electron chi connectivity index (χ2n) is 11.4. The fourth-order valence-corrected chi connectivity index (χ4v) is 9.98. The van der Waals surface area contributed by atoms with Gasteiger partial charge in [0.1, 0.15) is 16.8 Å². The van der Waals surface area contributed by atoms with Crippen LogP contribution in [0.5, 0.6) is 0 Å². The summed E-state index contributed by atoms with van der Waals surface area (Å²) in [5.74, 6) is 3.07. The van der Waals surface area contributed by atoms with Crippen molar-refractivity contribution in [2.75, 3.05) is 5.73 Å². The Balaban J connectivity index is 1.35. The van der Waals surface area contributed by atoms with Crippen LogP contribution in [-0.4, -0.2) is 22.0 Å². The number of nitrogens with zero attached hydrogens (tertiary/aromatic N) is 1. The number of ether oxygens (including phenoxy) is 1. The summed E-state index contributed by atoms with van der Waals surface area (Å²) < 4.78 is 5.81. The third-order valence-corrected chi connectivity index (χ3v) is 11.2. The van der Waals surface area contributed by atoms with Crippen molar-refractivity contribution >= 4 is 33.3 Å². The molecule has 0 saturated heterocycles. The first-order valence-corrected chi connectivity index (χ1v) is 13.0. The van der Waals surface area contributed by atoms with Crippen LogP contribution in [0.3, 0.4) is 0 Å². The van der Waals surface area contributed by atoms with E-state index in [1.807, 2.05) is 0 Å². The van der Waals surface area contributed by atoms with Gasteiger partial charge in [-0.3, -0.25) is 9.78 Å². The largest absolute Gasteiger partial charge is 0.462 e. The summed E-state index contributed by atoms with van der Waals surface area (Å²) in [6.07, 6.45) is 9.31. The number of nitrogens with two attached hydrogens (primary N) is 1. The predicted molar refractivity (Wildman–Crippen MR) is 125 cm³/mol. The number of thiophene rings is 1. The van der Waals surface area contributed by atoms with Gasteiger partial charge in [-0.05, 0) is 86.0 Å². The molecule has 2 aromatic heterocycles. The minimum absolute atomic E-state index is 0.0867. The first kappa shape index (κ1) is 20.7. The quantitative estimate of drug-likeness (QED) is 0.619. The third-order valence-electron chi connectivity index (χ3n) is 10.1. The fourth-order valence-electron chi connectivity index (χ4n) is 8.59. The van der Waals surface area contributed by atoms with Crippen molar-refractivity contribution in [3.8, 4) is 0 Å². The summed E-state index contributed by atoms with van der Waals surface area (Å²) in [6.45, 7) is 6.47. The van der Waals surface area contributed by atoms with Crippen molar-refractivity contribution in [1.29, 1.82) is 0 Å². The molecule has 6 rings (SSSR count). The monoisotopic (exact) mass is 455 g/mol. The van der Waals surface area contributed by atoms with Gasteiger partial charge in [0.05, 0.1) is 5.39 Å². The number of anilines is 1. The number of carbonyl (C=O) groups excluding carboxylic acids is 1. The zero-order chi connectivity index (χ0) is 22.4. The number of nitrogen functional groups attached to an aromatic ring is 1. The number of esters is 1. The van der Waals surface area contributed by atoms with E-state index in [4.69, 9.17) is 10.5 Å². The van der Waals surface area contributed by atoms with Crippen LogP contribution in [0.2, 0.25) is 0 Å². The van der Waals surface area contributed by atoms with E-state index in [1.54, 1.807) is 18.3 Å². The molecule has 7 heteroatoms. The van der Waals surface area contributed by atoms with Crippen LogP contribution in [0.15, 0.2) is 4.79 Å². The smallest absolute Gasteiger partial charge is 0.347 e. The van der Waals surface area contributed by atoms with Crippen LogP contribution < -0.4 is 11.4 Å². The van der Waals surface area contributed by atoms with Gasteiger partial charge < -0.3 is 10.5 Å². The second kappa shape index (κ2) is 6.81. The molecule has 2 aromatic rings. The summed E-state index contributed by atoms with van der Waals surface area (Å²) in [7, 11) is 0. The maximum Gasteiger partial charge on any atom is 0.347 e. The third kappa shape index (κ3) is 2.72. The molecule has 3 N–H and O–H groups in total. The van der Waals surface area contributed by atoms with Gasteiger partial charge in [0, 0.05) is 17.2 Å². The molecule has 3 fully saturated rings. The summed E-state index contributed by atoms with van der Waals surface area (Å²) in [4.78, 5) is 32.7. The number of aromatic amines is 1. The highest BCUT2D eigenvalue weighted by molar-refractivity contribution is 7.19. The number of aromatic nitrogens is 2. The lowest BCUT2D eigenvalue weighted by Gasteiger charge is -2.60. The molecule has 3 saturated carbocycles. The van der Waals surface area contributed by atoms with E-state index in [9.17, 15) is 9.59 Å². The second-order valence-corrected chi connectivity index (χ2v) is 12.5. The zero-order valence-corrected chi connectivity index (χ0v) is 20.0.